The summed E-state index contributed by atoms with van der Waals surface area (Å²) >= 11 is 0. The van der Waals surface area contributed by atoms with E-state index in [1.807, 2.05) is 32.0 Å². The fraction of sp³-hybridized carbons (Fsp3) is 0.286. The van der Waals surface area contributed by atoms with Crippen molar-refractivity contribution in [3.63, 3.8) is 0 Å². The lowest BCUT2D eigenvalue weighted by molar-refractivity contribution is 1.04. The monoisotopic (exact) mass is 242 g/mol. The quantitative estimate of drug-likeness (QED) is 0.868. The molecule has 4 heteroatoms. The third kappa shape index (κ3) is 2.42. The van der Waals surface area contributed by atoms with Crippen LogP contribution in [0.25, 0.3) is 0 Å². The van der Waals surface area contributed by atoms with Crippen molar-refractivity contribution >= 4 is 17.3 Å². The van der Waals surface area contributed by atoms with Gasteiger partial charge in [-0.05, 0) is 31.9 Å². The first-order valence-corrected chi connectivity index (χ1v) is 6.07. The number of aromatic nitrogens is 2. The molecule has 0 aliphatic carbocycles. The van der Waals surface area contributed by atoms with Crippen molar-refractivity contribution < 1.29 is 0 Å². The molecule has 0 amide bonds. The summed E-state index contributed by atoms with van der Waals surface area (Å²) in [7, 11) is 0. The molecule has 0 atom stereocenters. The van der Waals surface area contributed by atoms with Gasteiger partial charge in [-0.15, -0.1) is 0 Å². The van der Waals surface area contributed by atoms with E-state index in [2.05, 4.69) is 28.3 Å². The van der Waals surface area contributed by atoms with Gasteiger partial charge in [-0.25, -0.2) is 9.97 Å². The molecule has 0 unspecified atom stereocenters. The summed E-state index contributed by atoms with van der Waals surface area (Å²) in [5, 5.41) is 3.34. The SMILES string of the molecule is CCc1ccccc1Nc1nc(C)nc(N)c1C. The second-order valence-corrected chi connectivity index (χ2v) is 4.27. The number of rotatable bonds is 3. The van der Waals surface area contributed by atoms with Crippen LogP contribution in [0.4, 0.5) is 17.3 Å². The lowest BCUT2D eigenvalue weighted by atomic mass is 10.1. The van der Waals surface area contributed by atoms with Crippen LogP contribution < -0.4 is 11.1 Å². The molecule has 0 fully saturated rings. The van der Waals surface area contributed by atoms with E-state index >= 15 is 0 Å². The Morgan fingerprint density at radius 2 is 1.89 bits per heavy atom. The maximum absolute atomic E-state index is 5.85. The number of benzene rings is 1. The van der Waals surface area contributed by atoms with Crippen LogP contribution in [0.1, 0.15) is 23.9 Å². The van der Waals surface area contributed by atoms with Gasteiger partial charge >= 0.3 is 0 Å². The minimum absolute atomic E-state index is 0.527. The number of nitrogens with two attached hydrogens (primary N) is 1. The molecule has 0 saturated carbocycles. The molecular weight excluding hydrogens is 224 g/mol. The number of nitrogens with zero attached hydrogens (tertiary/aromatic N) is 2. The molecule has 0 bridgehead atoms. The van der Waals surface area contributed by atoms with Crippen LogP contribution in [0.15, 0.2) is 24.3 Å². The van der Waals surface area contributed by atoms with Gasteiger partial charge in [-0.2, -0.15) is 0 Å². The molecule has 94 valence electrons. The molecule has 18 heavy (non-hydrogen) atoms. The Kier molecular flexibility index (Phi) is 3.46. The van der Waals surface area contributed by atoms with Gasteiger partial charge in [0.15, 0.2) is 0 Å². The van der Waals surface area contributed by atoms with Crippen LogP contribution in [0, 0.1) is 13.8 Å². The van der Waals surface area contributed by atoms with E-state index in [1.165, 1.54) is 5.56 Å². The lowest BCUT2D eigenvalue weighted by Gasteiger charge is -2.13. The van der Waals surface area contributed by atoms with Gasteiger partial charge in [0.25, 0.3) is 0 Å². The molecule has 2 aromatic rings. The molecule has 0 aliphatic heterocycles. The molecule has 1 aromatic heterocycles. The highest BCUT2D eigenvalue weighted by Crippen LogP contribution is 2.24. The Labute approximate surface area is 107 Å². The van der Waals surface area contributed by atoms with E-state index in [1.54, 1.807) is 0 Å². The minimum atomic E-state index is 0.527. The van der Waals surface area contributed by atoms with Crippen molar-refractivity contribution in [2.24, 2.45) is 0 Å². The van der Waals surface area contributed by atoms with Gasteiger partial charge in [0.1, 0.15) is 17.5 Å². The van der Waals surface area contributed by atoms with E-state index in [4.69, 9.17) is 5.73 Å². The summed E-state index contributed by atoms with van der Waals surface area (Å²) < 4.78 is 0. The number of nitrogens with one attached hydrogen (secondary N) is 1. The minimum Gasteiger partial charge on any atom is -0.383 e. The van der Waals surface area contributed by atoms with Crippen molar-refractivity contribution in [1.82, 2.24) is 9.97 Å². The summed E-state index contributed by atoms with van der Waals surface area (Å²) in [6, 6.07) is 8.20. The molecule has 0 aliphatic rings. The standard InChI is InChI=1S/C14H18N4/c1-4-11-7-5-6-8-12(11)18-14-9(2)13(15)16-10(3)17-14/h5-8H,4H2,1-3H3,(H3,15,16,17,18). The largest absolute Gasteiger partial charge is 0.383 e. The van der Waals surface area contributed by atoms with Gasteiger partial charge in [0.2, 0.25) is 0 Å². The Hall–Kier alpha value is -2.10. The molecule has 0 saturated heterocycles. The predicted octanol–water partition coefficient (Wildman–Crippen LogP) is 2.98. The fourth-order valence-corrected chi connectivity index (χ4v) is 1.85. The molecule has 4 nitrogen and oxygen atoms in total. The normalized spacial score (nSPS) is 10.4. The van der Waals surface area contributed by atoms with Crippen molar-refractivity contribution in [2.75, 3.05) is 11.1 Å². The molecular formula is C14H18N4. The Balaban J connectivity index is 2.40. The third-order valence-electron chi connectivity index (χ3n) is 2.95. The maximum Gasteiger partial charge on any atom is 0.139 e. The lowest BCUT2D eigenvalue weighted by Crippen LogP contribution is -2.05. The van der Waals surface area contributed by atoms with Crippen molar-refractivity contribution in [3.8, 4) is 0 Å². The Bertz CT molecular complexity index is 564. The molecule has 0 spiro atoms. The molecule has 3 N–H and O–H groups in total. The number of aryl methyl sites for hydroxylation is 2. The molecule has 2 rings (SSSR count). The molecule has 1 heterocycles. The smallest absolute Gasteiger partial charge is 0.139 e. The zero-order valence-electron chi connectivity index (χ0n) is 11.0. The highest BCUT2D eigenvalue weighted by Gasteiger charge is 2.08. The van der Waals surface area contributed by atoms with Crippen LogP contribution in [-0.2, 0) is 6.42 Å². The summed E-state index contributed by atoms with van der Waals surface area (Å²) in [4.78, 5) is 8.55. The van der Waals surface area contributed by atoms with Crippen LogP contribution in [0.3, 0.4) is 0 Å². The third-order valence-corrected chi connectivity index (χ3v) is 2.95. The Morgan fingerprint density at radius 3 is 2.61 bits per heavy atom. The summed E-state index contributed by atoms with van der Waals surface area (Å²) in [5.74, 6) is 1.98. The van der Waals surface area contributed by atoms with Gasteiger partial charge < -0.3 is 11.1 Å². The van der Waals surface area contributed by atoms with Crippen molar-refractivity contribution in [2.45, 2.75) is 27.2 Å². The van der Waals surface area contributed by atoms with Crippen LogP contribution in [0.2, 0.25) is 0 Å². The number of hydrogen-bond acceptors (Lipinski definition) is 4. The molecule has 0 radical (unpaired) electrons. The fourth-order valence-electron chi connectivity index (χ4n) is 1.85. The first-order valence-electron chi connectivity index (χ1n) is 6.07. The highest BCUT2D eigenvalue weighted by atomic mass is 15.1. The van der Waals surface area contributed by atoms with E-state index in [9.17, 15) is 0 Å². The van der Waals surface area contributed by atoms with E-state index in [0.29, 0.717) is 11.6 Å². The van der Waals surface area contributed by atoms with Gasteiger partial charge in [-0.3, -0.25) is 0 Å². The van der Waals surface area contributed by atoms with Gasteiger partial charge in [-0.1, -0.05) is 25.1 Å². The van der Waals surface area contributed by atoms with E-state index in [0.717, 1.165) is 23.5 Å². The first kappa shape index (κ1) is 12.4. The highest BCUT2D eigenvalue weighted by molar-refractivity contribution is 5.66. The number of hydrogen-bond donors (Lipinski definition) is 2. The number of anilines is 3. The Morgan fingerprint density at radius 1 is 1.17 bits per heavy atom. The van der Waals surface area contributed by atoms with E-state index < -0.39 is 0 Å². The number of nitrogen functional groups attached to an aromatic ring is 1. The summed E-state index contributed by atoms with van der Waals surface area (Å²) in [6.07, 6.45) is 0.974. The maximum atomic E-state index is 5.85. The predicted molar refractivity (Wildman–Crippen MR) is 75.0 cm³/mol. The zero-order chi connectivity index (χ0) is 13.1. The van der Waals surface area contributed by atoms with Gasteiger partial charge in [0, 0.05) is 11.3 Å². The van der Waals surface area contributed by atoms with Crippen molar-refractivity contribution in [3.05, 3.63) is 41.2 Å². The first-order chi connectivity index (χ1) is 8.61. The average molecular weight is 242 g/mol. The zero-order valence-corrected chi connectivity index (χ0v) is 11.0. The average Bonchev–Trinajstić information content (AvgIpc) is 2.36. The number of para-hydroxylation sites is 1. The summed E-state index contributed by atoms with van der Waals surface area (Å²) in [6.45, 7) is 5.89. The van der Waals surface area contributed by atoms with Crippen LogP contribution in [-0.4, -0.2) is 9.97 Å². The molecule has 1 aromatic carbocycles. The second-order valence-electron chi connectivity index (χ2n) is 4.27. The van der Waals surface area contributed by atoms with Gasteiger partial charge in [0.05, 0.1) is 0 Å². The van der Waals surface area contributed by atoms with Crippen LogP contribution >= 0.6 is 0 Å². The second kappa shape index (κ2) is 5.04. The van der Waals surface area contributed by atoms with Crippen molar-refractivity contribution in [1.29, 1.82) is 0 Å². The summed E-state index contributed by atoms with van der Waals surface area (Å²) in [5.41, 5.74) is 9.06. The van der Waals surface area contributed by atoms with E-state index in [-0.39, 0.29) is 0 Å². The van der Waals surface area contributed by atoms with Crippen LogP contribution in [0.5, 0.6) is 0 Å². The topological polar surface area (TPSA) is 63.8 Å².